The van der Waals surface area contributed by atoms with Crippen LogP contribution in [0, 0.1) is 0 Å². The zero-order valence-electron chi connectivity index (χ0n) is 10.2. The summed E-state index contributed by atoms with van der Waals surface area (Å²) in [5.41, 5.74) is 7.32. The molecule has 1 aromatic carbocycles. The van der Waals surface area contributed by atoms with Gasteiger partial charge in [-0.2, -0.15) is 0 Å². The number of aryl methyl sites for hydroxylation is 1. The number of nitrogens with two attached hydrogens (primary N) is 1. The fraction of sp³-hybridized carbons (Fsp3) is 0.167. The van der Waals surface area contributed by atoms with Crippen LogP contribution >= 0.6 is 0 Å². The van der Waals surface area contributed by atoms with E-state index in [1.165, 1.54) is 6.20 Å². The highest BCUT2D eigenvalue weighted by Gasteiger charge is 2.10. The summed E-state index contributed by atoms with van der Waals surface area (Å²) in [6.45, 7) is 0. The van der Waals surface area contributed by atoms with Gasteiger partial charge in [-0.1, -0.05) is 0 Å². The van der Waals surface area contributed by atoms with E-state index in [4.69, 9.17) is 10.5 Å². The van der Waals surface area contributed by atoms with Crippen molar-refractivity contribution in [1.82, 2.24) is 9.55 Å². The number of rotatable bonds is 3. The Kier molecular flexibility index (Phi) is 3.18. The molecule has 6 nitrogen and oxygen atoms in total. The summed E-state index contributed by atoms with van der Waals surface area (Å²) < 4.78 is 6.69. The number of imidazole rings is 1. The van der Waals surface area contributed by atoms with Crippen LogP contribution in [0.25, 0.3) is 0 Å². The molecule has 1 heterocycles. The predicted octanol–water partition coefficient (Wildman–Crippen LogP) is 1.26. The van der Waals surface area contributed by atoms with E-state index < -0.39 is 0 Å². The Morgan fingerprint density at radius 3 is 2.83 bits per heavy atom. The molecule has 2 aromatic rings. The summed E-state index contributed by atoms with van der Waals surface area (Å²) in [5, 5.41) is 2.74. The highest BCUT2D eigenvalue weighted by molar-refractivity contribution is 6.03. The summed E-state index contributed by atoms with van der Waals surface area (Å²) in [6.07, 6.45) is 3.07. The maximum Gasteiger partial charge on any atom is 0.273 e. The molecule has 0 atom stereocenters. The van der Waals surface area contributed by atoms with Gasteiger partial charge in [0.1, 0.15) is 11.4 Å². The van der Waals surface area contributed by atoms with E-state index in [2.05, 4.69) is 10.3 Å². The number of amides is 1. The van der Waals surface area contributed by atoms with Crippen molar-refractivity contribution < 1.29 is 9.53 Å². The lowest BCUT2D eigenvalue weighted by molar-refractivity contribution is 0.101. The van der Waals surface area contributed by atoms with Gasteiger partial charge in [0.25, 0.3) is 5.91 Å². The predicted molar refractivity (Wildman–Crippen MR) is 68.6 cm³/mol. The van der Waals surface area contributed by atoms with Crippen molar-refractivity contribution in [3.63, 3.8) is 0 Å². The third kappa shape index (κ3) is 2.27. The lowest BCUT2D eigenvalue weighted by Gasteiger charge is -2.08. The average molecular weight is 246 g/mol. The molecule has 6 heteroatoms. The highest BCUT2D eigenvalue weighted by Crippen LogP contribution is 2.24. The van der Waals surface area contributed by atoms with Crippen LogP contribution in [0.3, 0.4) is 0 Å². The van der Waals surface area contributed by atoms with E-state index in [-0.39, 0.29) is 5.91 Å². The van der Waals surface area contributed by atoms with Crippen LogP contribution in [0.1, 0.15) is 10.5 Å². The molecule has 2 rings (SSSR count). The van der Waals surface area contributed by atoms with Crippen LogP contribution in [0.5, 0.6) is 5.75 Å². The number of hydrogen-bond donors (Lipinski definition) is 2. The lowest BCUT2D eigenvalue weighted by atomic mass is 10.2. The maximum atomic E-state index is 11.9. The van der Waals surface area contributed by atoms with E-state index in [0.29, 0.717) is 22.8 Å². The number of methoxy groups -OCH3 is 1. The van der Waals surface area contributed by atoms with Crippen molar-refractivity contribution in [2.45, 2.75) is 0 Å². The Bertz CT molecular complexity index is 577. The summed E-state index contributed by atoms with van der Waals surface area (Å²) in [5.74, 6) is 0.341. The van der Waals surface area contributed by atoms with E-state index in [0.717, 1.165) is 0 Å². The number of anilines is 2. The average Bonchev–Trinajstić information content (AvgIpc) is 2.76. The first-order valence-electron chi connectivity index (χ1n) is 5.33. The number of aromatic nitrogens is 2. The molecular weight excluding hydrogens is 232 g/mol. The first-order chi connectivity index (χ1) is 8.61. The minimum absolute atomic E-state index is 0.237. The number of hydrogen-bond acceptors (Lipinski definition) is 4. The molecule has 1 amide bonds. The quantitative estimate of drug-likeness (QED) is 0.799. The SMILES string of the molecule is COc1ccc(NC(=O)c2cncn2C)cc1N. The second kappa shape index (κ2) is 4.79. The molecule has 18 heavy (non-hydrogen) atoms. The number of benzene rings is 1. The third-order valence-electron chi connectivity index (χ3n) is 2.54. The van der Waals surface area contributed by atoms with E-state index in [1.54, 1.807) is 43.3 Å². The summed E-state index contributed by atoms with van der Waals surface area (Å²) >= 11 is 0. The Morgan fingerprint density at radius 1 is 1.50 bits per heavy atom. The largest absolute Gasteiger partial charge is 0.495 e. The monoisotopic (exact) mass is 246 g/mol. The molecule has 0 radical (unpaired) electrons. The van der Waals surface area contributed by atoms with Crippen LogP contribution in [-0.2, 0) is 7.05 Å². The Labute approximate surface area is 104 Å². The first kappa shape index (κ1) is 12.0. The molecule has 0 aliphatic carbocycles. The summed E-state index contributed by atoms with van der Waals surface area (Å²) in [6, 6.07) is 5.07. The van der Waals surface area contributed by atoms with Crippen LogP contribution in [0.15, 0.2) is 30.7 Å². The Hall–Kier alpha value is -2.50. The van der Waals surface area contributed by atoms with Gasteiger partial charge >= 0.3 is 0 Å². The molecule has 0 aliphatic rings. The minimum atomic E-state index is -0.237. The number of ether oxygens (including phenoxy) is 1. The topological polar surface area (TPSA) is 82.2 Å². The van der Waals surface area contributed by atoms with Gasteiger partial charge < -0.3 is 20.4 Å². The zero-order chi connectivity index (χ0) is 13.1. The van der Waals surface area contributed by atoms with Gasteiger partial charge in [-0.25, -0.2) is 4.98 Å². The van der Waals surface area contributed by atoms with Gasteiger partial charge in [-0.15, -0.1) is 0 Å². The van der Waals surface area contributed by atoms with Gasteiger partial charge in [-0.3, -0.25) is 4.79 Å². The molecule has 0 saturated heterocycles. The van der Waals surface area contributed by atoms with Crippen LogP contribution < -0.4 is 15.8 Å². The van der Waals surface area contributed by atoms with Crippen molar-refractivity contribution in [3.05, 3.63) is 36.4 Å². The number of carbonyl (C=O) groups excluding carboxylic acids is 1. The zero-order valence-corrected chi connectivity index (χ0v) is 10.2. The second-order valence-corrected chi connectivity index (χ2v) is 3.80. The molecule has 1 aromatic heterocycles. The van der Waals surface area contributed by atoms with Gasteiger partial charge in [-0.05, 0) is 18.2 Å². The highest BCUT2D eigenvalue weighted by atomic mass is 16.5. The molecule has 3 N–H and O–H groups in total. The lowest BCUT2D eigenvalue weighted by Crippen LogP contribution is -2.15. The van der Waals surface area contributed by atoms with Gasteiger partial charge in [0.15, 0.2) is 0 Å². The number of nitrogen functional groups attached to an aromatic ring is 1. The normalized spacial score (nSPS) is 10.1. The van der Waals surface area contributed by atoms with Gasteiger partial charge in [0, 0.05) is 12.7 Å². The smallest absolute Gasteiger partial charge is 0.273 e. The number of nitrogens with one attached hydrogen (secondary N) is 1. The van der Waals surface area contributed by atoms with Crippen LogP contribution in [-0.4, -0.2) is 22.6 Å². The molecule has 0 saturated carbocycles. The van der Waals surface area contributed by atoms with Gasteiger partial charge in [0.05, 0.1) is 25.3 Å². The standard InChI is InChI=1S/C12H14N4O2/c1-16-7-14-6-10(16)12(17)15-8-3-4-11(18-2)9(13)5-8/h3-7H,13H2,1-2H3,(H,15,17). The molecule has 0 aliphatic heterocycles. The van der Waals surface area contributed by atoms with E-state index in [1.807, 2.05) is 0 Å². The van der Waals surface area contributed by atoms with Crippen molar-refractivity contribution in [1.29, 1.82) is 0 Å². The van der Waals surface area contributed by atoms with Crippen molar-refractivity contribution >= 4 is 17.3 Å². The molecule has 0 fully saturated rings. The third-order valence-corrected chi connectivity index (χ3v) is 2.54. The fourth-order valence-corrected chi connectivity index (χ4v) is 1.58. The Morgan fingerprint density at radius 2 is 2.28 bits per heavy atom. The van der Waals surface area contributed by atoms with E-state index in [9.17, 15) is 4.79 Å². The molecule has 94 valence electrons. The minimum Gasteiger partial charge on any atom is -0.495 e. The molecule has 0 unspecified atom stereocenters. The fourth-order valence-electron chi connectivity index (χ4n) is 1.58. The summed E-state index contributed by atoms with van der Waals surface area (Å²) in [4.78, 5) is 15.8. The second-order valence-electron chi connectivity index (χ2n) is 3.80. The maximum absolute atomic E-state index is 11.9. The van der Waals surface area contributed by atoms with Crippen molar-refractivity contribution in [2.24, 2.45) is 7.05 Å². The number of carbonyl (C=O) groups is 1. The van der Waals surface area contributed by atoms with Crippen molar-refractivity contribution in [2.75, 3.05) is 18.2 Å². The van der Waals surface area contributed by atoms with Gasteiger partial charge in [0.2, 0.25) is 0 Å². The summed E-state index contributed by atoms with van der Waals surface area (Å²) in [7, 11) is 3.30. The first-order valence-corrected chi connectivity index (χ1v) is 5.33. The molecule has 0 spiro atoms. The van der Waals surface area contributed by atoms with Crippen LogP contribution in [0.4, 0.5) is 11.4 Å². The van der Waals surface area contributed by atoms with E-state index >= 15 is 0 Å². The molecule has 0 bridgehead atoms. The number of nitrogens with zero attached hydrogens (tertiary/aromatic N) is 2. The molecular formula is C12H14N4O2. The van der Waals surface area contributed by atoms with Crippen LogP contribution in [0.2, 0.25) is 0 Å². The van der Waals surface area contributed by atoms with Crippen molar-refractivity contribution in [3.8, 4) is 5.75 Å². The Balaban J connectivity index is 2.17.